The molecule has 3 aromatic rings. The van der Waals surface area contributed by atoms with Crippen LogP contribution in [0.2, 0.25) is 5.02 Å². The van der Waals surface area contributed by atoms with Crippen LogP contribution in [0.3, 0.4) is 0 Å². The number of carbonyl (C=O) groups is 2. The van der Waals surface area contributed by atoms with Crippen LogP contribution in [0.25, 0.3) is 0 Å². The lowest BCUT2D eigenvalue weighted by Crippen LogP contribution is -2.37. The predicted octanol–water partition coefficient (Wildman–Crippen LogP) is 4.93. The number of aromatic nitrogens is 3. The number of halogens is 2. The summed E-state index contributed by atoms with van der Waals surface area (Å²) in [4.78, 5) is 43.0. The number of thiazole rings is 1. The first-order valence-electron chi connectivity index (χ1n) is 12.8. The van der Waals surface area contributed by atoms with Crippen LogP contribution >= 0.6 is 22.9 Å². The van der Waals surface area contributed by atoms with Crippen LogP contribution in [0.5, 0.6) is 0 Å². The maximum absolute atomic E-state index is 13.9. The second kappa shape index (κ2) is 12.2. The molecular formula is C28H27ClFN5O4S. The van der Waals surface area contributed by atoms with E-state index in [4.69, 9.17) is 26.1 Å². The second-order valence-corrected chi connectivity index (χ2v) is 10.9. The number of ether oxygens (including phenoxy) is 2. The van der Waals surface area contributed by atoms with E-state index in [2.05, 4.69) is 20.3 Å². The van der Waals surface area contributed by atoms with Crippen molar-refractivity contribution in [2.24, 2.45) is 10.9 Å². The van der Waals surface area contributed by atoms with Gasteiger partial charge >= 0.3 is 11.9 Å². The van der Waals surface area contributed by atoms with Gasteiger partial charge in [-0.1, -0.05) is 17.7 Å². The summed E-state index contributed by atoms with van der Waals surface area (Å²) < 4.78 is 23.8. The minimum Gasteiger partial charge on any atom is -0.469 e. The fraction of sp³-hybridized carbons (Fsp3) is 0.357. The van der Waals surface area contributed by atoms with Gasteiger partial charge in [0.2, 0.25) is 0 Å². The van der Waals surface area contributed by atoms with Gasteiger partial charge < -0.3 is 14.8 Å². The van der Waals surface area contributed by atoms with Gasteiger partial charge in [-0.25, -0.2) is 24.1 Å². The zero-order chi connectivity index (χ0) is 28.2. The van der Waals surface area contributed by atoms with Gasteiger partial charge in [-0.15, -0.1) is 11.3 Å². The third kappa shape index (κ3) is 5.90. The minimum atomic E-state index is -0.792. The standard InChI is InChI=1S/C28H27ClFN5O4S/c1-38-21(36)11-15-13-32-25(33-14-15)17-5-3-16(4-6-17)23-22(28(37)39-2)24(19-8-7-18(30)12-20(19)29)35-26(34-23)27-31-9-10-40-27/h7-10,12-14,16-17,24H,3-6,11H2,1-2H3,(H,34,35). The molecule has 1 N–H and O–H groups in total. The molecule has 2 aliphatic rings. The van der Waals surface area contributed by atoms with Crippen LogP contribution in [0.1, 0.15) is 59.6 Å². The molecule has 12 heteroatoms. The van der Waals surface area contributed by atoms with E-state index in [1.54, 1.807) is 24.7 Å². The maximum Gasteiger partial charge on any atom is 0.338 e. The molecule has 1 saturated carbocycles. The molecule has 1 atom stereocenters. The van der Waals surface area contributed by atoms with Crippen LogP contribution in [-0.2, 0) is 25.5 Å². The summed E-state index contributed by atoms with van der Waals surface area (Å²) in [6.45, 7) is 0. The Bertz CT molecular complexity index is 1450. The Labute approximate surface area is 239 Å². The molecule has 0 radical (unpaired) electrons. The van der Waals surface area contributed by atoms with Gasteiger partial charge in [-0.05, 0) is 49.3 Å². The van der Waals surface area contributed by atoms with E-state index in [9.17, 15) is 14.0 Å². The number of rotatable bonds is 7. The summed E-state index contributed by atoms with van der Waals surface area (Å²) in [5.41, 5.74) is 2.27. The molecule has 208 valence electrons. The normalized spacial score (nSPS) is 20.9. The van der Waals surface area contributed by atoms with Crippen LogP contribution in [-0.4, -0.2) is 46.9 Å². The molecule has 1 aromatic carbocycles. The summed E-state index contributed by atoms with van der Waals surface area (Å²) in [5, 5.41) is 6.08. The molecule has 5 rings (SSSR count). The molecule has 0 amide bonds. The number of nitrogens with one attached hydrogen (secondary N) is 1. The van der Waals surface area contributed by atoms with Gasteiger partial charge in [0.05, 0.1) is 26.2 Å². The molecule has 1 unspecified atom stereocenters. The zero-order valence-corrected chi connectivity index (χ0v) is 23.5. The number of hydrogen-bond acceptors (Lipinski definition) is 10. The van der Waals surface area contributed by atoms with Crippen molar-refractivity contribution in [2.75, 3.05) is 14.2 Å². The highest BCUT2D eigenvalue weighted by Crippen LogP contribution is 2.43. The van der Waals surface area contributed by atoms with E-state index in [1.807, 2.05) is 5.38 Å². The average Bonchev–Trinajstić information content (AvgIpc) is 3.52. The lowest BCUT2D eigenvalue weighted by molar-refractivity contribution is -0.140. The SMILES string of the molecule is COC(=O)Cc1cnc(C2CCC(C3=C(C(=O)OC)C(c4ccc(F)cc4Cl)N=C(c4nccs4)N3)CC2)nc1. The van der Waals surface area contributed by atoms with E-state index in [0.717, 1.165) is 31.5 Å². The highest BCUT2D eigenvalue weighted by molar-refractivity contribution is 7.11. The molecule has 0 saturated heterocycles. The summed E-state index contributed by atoms with van der Waals surface area (Å²) in [7, 11) is 2.68. The van der Waals surface area contributed by atoms with E-state index >= 15 is 0 Å². The number of hydrogen-bond donors (Lipinski definition) is 1. The zero-order valence-electron chi connectivity index (χ0n) is 21.9. The van der Waals surface area contributed by atoms with Gasteiger partial charge in [0.1, 0.15) is 17.7 Å². The first-order chi connectivity index (χ1) is 19.4. The Balaban J connectivity index is 1.44. The number of aliphatic imine (C=N–C) groups is 1. The monoisotopic (exact) mass is 583 g/mol. The molecule has 0 bridgehead atoms. The highest BCUT2D eigenvalue weighted by atomic mass is 35.5. The van der Waals surface area contributed by atoms with Gasteiger partial charge in [0, 0.05) is 46.2 Å². The molecule has 0 spiro atoms. The fourth-order valence-electron chi connectivity index (χ4n) is 5.17. The summed E-state index contributed by atoms with van der Waals surface area (Å²) in [6, 6.07) is 3.28. The minimum absolute atomic E-state index is 0.00358. The van der Waals surface area contributed by atoms with E-state index in [-0.39, 0.29) is 29.2 Å². The van der Waals surface area contributed by atoms with Crippen molar-refractivity contribution in [3.63, 3.8) is 0 Å². The Morgan fingerprint density at radius 1 is 1.07 bits per heavy atom. The molecule has 2 aromatic heterocycles. The van der Waals surface area contributed by atoms with Crippen molar-refractivity contribution in [3.8, 4) is 0 Å². The smallest absolute Gasteiger partial charge is 0.338 e. The molecule has 1 aliphatic carbocycles. The first-order valence-corrected chi connectivity index (χ1v) is 14.0. The van der Waals surface area contributed by atoms with Gasteiger partial charge in [-0.2, -0.15) is 0 Å². The second-order valence-electron chi connectivity index (χ2n) is 9.58. The first kappa shape index (κ1) is 27.9. The quantitative estimate of drug-likeness (QED) is 0.389. The Morgan fingerprint density at radius 2 is 1.80 bits per heavy atom. The van der Waals surface area contributed by atoms with Crippen LogP contribution in [0.15, 0.2) is 58.4 Å². The van der Waals surface area contributed by atoms with Crippen molar-refractivity contribution in [1.29, 1.82) is 0 Å². The number of amidine groups is 1. The van der Waals surface area contributed by atoms with Crippen molar-refractivity contribution >= 4 is 40.7 Å². The maximum atomic E-state index is 13.9. The molecule has 40 heavy (non-hydrogen) atoms. The van der Waals surface area contributed by atoms with Gasteiger partial charge in [-0.3, -0.25) is 9.79 Å². The van der Waals surface area contributed by atoms with Crippen LogP contribution < -0.4 is 5.32 Å². The number of allylic oxidation sites excluding steroid dienone is 1. The largest absolute Gasteiger partial charge is 0.469 e. The molecule has 1 fully saturated rings. The van der Waals surface area contributed by atoms with Crippen molar-refractivity contribution in [2.45, 2.75) is 44.1 Å². The third-order valence-corrected chi connectivity index (χ3v) is 8.28. The lowest BCUT2D eigenvalue weighted by atomic mass is 9.77. The third-order valence-electron chi connectivity index (χ3n) is 7.17. The number of esters is 2. The Hall–Kier alpha value is -3.70. The average molecular weight is 584 g/mol. The highest BCUT2D eigenvalue weighted by Gasteiger charge is 2.38. The molecular weight excluding hydrogens is 557 g/mol. The number of benzene rings is 1. The Morgan fingerprint density at radius 3 is 2.42 bits per heavy atom. The lowest BCUT2D eigenvalue weighted by Gasteiger charge is -2.34. The number of methoxy groups -OCH3 is 2. The molecule has 1 aliphatic heterocycles. The van der Waals surface area contributed by atoms with E-state index in [1.165, 1.54) is 37.7 Å². The predicted molar refractivity (Wildman–Crippen MR) is 147 cm³/mol. The van der Waals surface area contributed by atoms with E-state index < -0.39 is 17.8 Å². The van der Waals surface area contributed by atoms with Crippen molar-refractivity contribution in [3.05, 3.63) is 86.2 Å². The summed E-state index contributed by atoms with van der Waals surface area (Å²) >= 11 is 7.88. The molecule has 9 nitrogen and oxygen atoms in total. The summed E-state index contributed by atoms with van der Waals surface area (Å²) in [5.74, 6) is 0.0460. The molecule has 3 heterocycles. The Kier molecular flexibility index (Phi) is 8.51. The van der Waals surface area contributed by atoms with Gasteiger partial charge in [0.15, 0.2) is 10.8 Å². The fourth-order valence-corrected chi connectivity index (χ4v) is 6.02. The number of nitrogens with zero attached hydrogens (tertiary/aromatic N) is 4. The van der Waals surface area contributed by atoms with Crippen molar-refractivity contribution in [1.82, 2.24) is 20.3 Å². The number of carbonyl (C=O) groups excluding carboxylic acids is 2. The van der Waals surface area contributed by atoms with Gasteiger partial charge in [0.25, 0.3) is 0 Å². The van der Waals surface area contributed by atoms with Crippen LogP contribution in [0.4, 0.5) is 4.39 Å². The van der Waals surface area contributed by atoms with Crippen LogP contribution in [0, 0.1) is 11.7 Å². The summed E-state index contributed by atoms with van der Waals surface area (Å²) in [6.07, 6.45) is 8.26. The van der Waals surface area contributed by atoms with Crippen molar-refractivity contribution < 1.29 is 23.5 Å². The topological polar surface area (TPSA) is 116 Å². The van der Waals surface area contributed by atoms with E-state index in [0.29, 0.717) is 33.2 Å².